The van der Waals surface area contributed by atoms with Gasteiger partial charge in [0.15, 0.2) is 0 Å². The van der Waals surface area contributed by atoms with E-state index in [9.17, 15) is 0 Å². The van der Waals surface area contributed by atoms with Crippen LogP contribution in [0.4, 0.5) is 11.6 Å². The Morgan fingerprint density at radius 1 is 0.909 bits per heavy atom. The number of nitrogens with zero attached hydrogens (tertiary/aromatic N) is 4. The van der Waals surface area contributed by atoms with E-state index in [2.05, 4.69) is 95.9 Å². The normalized spacial score (nSPS) is 18.5. The lowest BCUT2D eigenvalue weighted by atomic mass is 9.84. The Labute approximate surface area is 193 Å². The van der Waals surface area contributed by atoms with Gasteiger partial charge in [0, 0.05) is 30.9 Å². The number of anilines is 2. The molecule has 6 heteroatoms. The number of ether oxygens (including phenoxy) is 1. The summed E-state index contributed by atoms with van der Waals surface area (Å²) < 4.78 is 8.63. The fraction of sp³-hybridized carbons (Fsp3) is 0.185. The van der Waals surface area contributed by atoms with Gasteiger partial charge in [0.25, 0.3) is 0 Å². The Bertz CT molecular complexity index is 1350. The zero-order chi connectivity index (χ0) is 22.5. The first-order valence-electron chi connectivity index (χ1n) is 11.1. The topological polar surface area (TPSA) is 55.2 Å². The van der Waals surface area contributed by atoms with Crippen LogP contribution in [0.3, 0.4) is 0 Å². The fourth-order valence-corrected chi connectivity index (χ4v) is 4.71. The number of rotatable bonds is 3. The molecule has 33 heavy (non-hydrogen) atoms. The number of hydrogen-bond donors (Lipinski definition) is 1. The summed E-state index contributed by atoms with van der Waals surface area (Å²) in [6, 6.07) is 25.3. The van der Waals surface area contributed by atoms with Crippen molar-refractivity contribution >= 4 is 17.3 Å². The van der Waals surface area contributed by atoms with E-state index < -0.39 is 0 Å². The van der Waals surface area contributed by atoms with Gasteiger partial charge in [0.1, 0.15) is 24.2 Å². The minimum atomic E-state index is -0.251. The summed E-state index contributed by atoms with van der Waals surface area (Å²) in [4.78, 5) is 6.61. The molecule has 0 saturated carbocycles. The van der Waals surface area contributed by atoms with Crippen molar-refractivity contribution in [3.8, 4) is 5.75 Å². The van der Waals surface area contributed by atoms with Crippen molar-refractivity contribution < 1.29 is 4.74 Å². The number of aromatic nitrogens is 3. The standard InChI is InChI=1S/C27H25N5O/c1-17-8-10-19(11-9-17)26-23-24(21-6-4-5-7-22(21)33-26)30-27-28-16-29-32(27)25(23)18-12-14-20(15-13-18)31(2)3/h4-16,25-26H,1-3H3,(H,28,29,30). The molecule has 2 aliphatic heterocycles. The Morgan fingerprint density at radius 2 is 1.64 bits per heavy atom. The largest absolute Gasteiger partial charge is 0.480 e. The first-order valence-corrected chi connectivity index (χ1v) is 11.1. The first-order chi connectivity index (χ1) is 16.1. The number of aryl methyl sites for hydroxylation is 1. The molecule has 0 bridgehead atoms. The highest BCUT2D eigenvalue weighted by molar-refractivity contribution is 5.85. The molecule has 3 aromatic carbocycles. The van der Waals surface area contributed by atoms with Gasteiger partial charge < -0.3 is 15.0 Å². The molecule has 0 radical (unpaired) electrons. The molecule has 164 valence electrons. The molecule has 1 N–H and O–H groups in total. The lowest BCUT2D eigenvalue weighted by Crippen LogP contribution is -2.32. The van der Waals surface area contributed by atoms with Crippen LogP contribution in [0.15, 0.2) is 84.7 Å². The van der Waals surface area contributed by atoms with Gasteiger partial charge in [-0.05, 0) is 42.3 Å². The molecule has 0 fully saturated rings. The van der Waals surface area contributed by atoms with E-state index in [1.54, 1.807) is 6.33 Å². The highest BCUT2D eigenvalue weighted by Crippen LogP contribution is 2.50. The van der Waals surface area contributed by atoms with E-state index in [0.717, 1.165) is 45.3 Å². The maximum Gasteiger partial charge on any atom is 0.226 e. The van der Waals surface area contributed by atoms with Crippen LogP contribution in [0, 0.1) is 6.92 Å². The molecule has 3 heterocycles. The molecule has 0 spiro atoms. The summed E-state index contributed by atoms with van der Waals surface area (Å²) in [7, 11) is 4.10. The second-order valence-corrected chi connectivity index (χ2v) is 8.78. The smallest absolute Gasteiger partial charge is 0.226 e. The third-order valence-electron chi connectivity index (χ3n) is 6.43. The van der Waals surface area contributed by atoms with Gasteiger partial charge in [-0.15, -0.1) is 0 Å². The Balaban J connectivity index is 1.59. The van der Waals surface area contributed by atoms with E-state index >= 15 is 0 Å². The highest BCUT2D eigenvalue weighted by Gasteiger charge is 2.40. The lowest BCUT2D eigenvalue weighted by Gasteiger charge is -2.39. The SMILES string of the molecule is Cc1ccc(C2Oc3ccccc3C3=C2C(c2ccc(N(C)C)cc2)n2ncnc2N3)cc1. The van der Waals surface area contributed by atoms with E-state index in [1.165, 1.54) is 5.56 Å². The molecule has 2 unspecified atom stereocenters. The molecule has 0 saturated heterocycles. The van der Waals surface area contributed by atoms with Crippen LogP contribution in [-0.4, -0.2) is 28.9 Å². The van der Waals surface area contributed by atoms with Crippen LogP contribution in [0.1, 0.15) is 34.4 Å². The molecule has 2 aliphatic rings. The highest BCUT2D eigenvalue weighted by atomic mass is 16.5. The molecule has 2 atom stereocenters. The van der Waals surface area contributed by atoms with Crippen molar-refractivity contribution in [1.29, 1.82) is 0 Å². The lowest BCUT2D eigenvalue weighted by molar-refractivity contribution is 0.223. The van der Waals surface area contributed by atoms with Gasteiger partial charge in [-0.1, -0.05) is 54.1 Å². The van der Waals surface area contributed by atoms with Gasteiger partial charge in [-0.25, -0.2) is 4.68 Å². The second-order valence-electron chi connectivity index (χ2n) is 8.78. The van der Waals surface area contributed by atoms with Crippen LogP contribution < -0.4 is 15.0 Å². The number of nitrogens with one attached hydrogen (secondary N) is 1. The van der Waals surface area contributed by atoms with Crippen molar-refractivity contribution in [2.45, 2.75) is 19.1 Å². The van der Waals surface area contributed by atoms with Crippen LogP contribution in [-0.2, 0) is 0 Å². The number of fused-ring (bicyclic) bond motifs is 3. The van der Waals surface area contributed by atoms with Crippen LogP contribution in [0.2, 0.25) is 0 Å². The van der Waals surface area contributed by atoms with Crippen molar-refractivity contribution in [2.24, 2.45) is 0 Å². The van der Waals surface area contributed by atoms with Crippen LogP contribution in [0.25, 0.3) is 5.70 Å². The quantitative estimate of drug-likeness (QED) is 0.479. The van der Waals surface area contributed by atoms with Gasteiger partial charge in [-0.3, -0.25) is 0 Å². The van der Waals surface area contributed by atoms with Crippen molar-refractivity contribution in [1.82, 2.24) is 14.8 Å². The monoisotopic (exact) mass is 435 g/mol. The molecule has 4 aromatic rings. The van der Waals surface area contributed by atoms with E-state index in [-0.39, 0.29) is 12.1 Å². The van der Waals surface area contributed by atoms with E-state index in [0.29, 0.717) is 0 Å². The maximum atomic E-state index is 6.67. The Kier molecular flexibility index (Phi) is 4.47. The minimum absolute atomic E-state index is 0.144. The van der Waals surface area contributed by atoms with Crippen molar-refractivity contribution in [3.05, 3.63) is 107 Å². The fourth-order valence-electron chi connectivity index (χ4n) is 4.71. The number of hydrogen-bond acceptors (Lipinski definition) is 5. The van der Waals surface area contributed by atoms with Crippen LogP contribution in [0.5, 0.6) is 5.75 Å². The number of benzene rings is 3. The Morgan fingerprint density at radius 3 is 2.39 bits per heavy atom. The summed E-state index contributed by atoms with van der Waals surface area (Å²) in [5.41, 5.74) is 7.85. The number of para-hydroxylation sites is 1. The average molecular weight is 436 g/mol. The molecule has 6 nitrogen and oxygen atoms in total. The van der Waals surface area contributed by atoms with Gasteiger partial charge >= 0.3 is 0 Å². The van der Waals surface area contributed by atoms with E-state index in [4.69, 9.17) is 4.74 Å². The summed E-state index contributed by atoms with van der Waals surface area (Å²) in [5, 5.41) is 8.16. The maximum absolute atomic E-state index is 6.67. The van der Waals surface area contributed by atoms with Crippen molar-refractivity contribution in [3.63, 3.8) is 0 Å². The third kappa shape index (κ3) is 3.18. The summed E-state index contributed by atoms with van der Waals surface area (Å²) in [5.74, 6) is 1.60. The molecule has 6 rings (SSSR count). The average Bonchev–Trinajstić information content (AvgIpc) is 3.31. The Hall–Kier alpha value is -4.06. The first kappa shape index (κ1) is 19.6. The third-order valence-corrected chi connectivity index (χ3v) is 6.43. The van der Waals surface area contributed by atoms with Crippen LogP contribution >= 0.6 is 0 Å². The molecule has 0 amide bonds. The van der Waals surface area contributed by atoms with E-state index in [1.807, 2.05) is 22.9 Å². The minimum Gasteiger partial charge on any atom is -0.480 e. The predicted molar refractivity (Wildman–Crippen MR) is 130 cm³/mol. The summed E-state index contributed by atoms with van der Waals surface area (Å²) in [6.45, 7) is 2.10. The molecular weight excluding hydrogens is 410 g/mol. The molecular formula is C27H25N5O. The van der Waals surface area contributed by atoms with Gasteiger partial charge in [-0.2, -0.15) is 10.1 Å². The zero-order valence-corrected chi connectivity index (χ0v) is 18.9. The molecule has 1 aromatic heterocycles. The van der Waals surface area contributed by atoms with Gasteiger partial charge in [0.2, 0.25) is 5.95 Å². The van der Waals surface area contributed by atoms with Gasteiger partial charge in [0.05, 0.1) is 5.70 Å². The zero-order valence-electron chi connectivity index (χ0n) is 18.9. The summed E-state index contributed by atoms with van der Waals surface area (Å²) in [6.07, 6.45) is 1.36. The summed E-state index contributed by atoms with van der Waals surface area (Å²) >= 11 is 0. The van der Waals surface area contributed by atoms with Crippen molar-refractivity contribution in [2.75, 3.05) is 24.3 Å². The second kappa shape index (κ2) is 7.52. The molecule has 0 aliphatic carbocycles. The predicted octanol–water partition coefficient (Wildman–Crippen LogP) is 5.21.